The van der Waals surface area contributed by atoms with E-state index in [1.807, 2.05) is 0 Å². The van der Waals surface area contributed by atoms with Crippen molar-refractivity contribution < 1.29 is 0 Å². The van der Waals surface area contributed by atoms with E-state index >= 15 is 0 Å². The highest BCUT2D eigenvalue weighted by atomic mass is 16.1. The summed E-state index contributed by atoms with van der Waals surface area (Å²) in [7, 11) is 0. The molecule has 1 aliphatic carbocycles. The van der Waals surface area contributed by atoms with E-state index in [4.69, 9.17) is 0 Å². The summed E-state index contributed by atoms with van der Waals surface area (Å²) in [5, 5.41) is 4.34. The number of fused-ring (bicyclic) bond motifs is 1. The molecule has 5 heteroatoms. The van der Waals surface area contributed by atoms with Gasteiger partial charge in [0.25, 0.3) is 5.56 Å². The molecule has 0 atom stereocenters. The predicted octanol–water partition coefficient (Wildman–Crippen LogP) is 2.95. The molecule has 0 bridgehead atoms. The van der Waals surface area contributed by atoms with Crippen molar-refractivity contribution in [1.82, 2.24) is 14.5 Å². The average molecular weight is 286 g/mol. The molecule has 0 saturated heterocycles. The van der Waals surface area contributed by atoms with E-state index in [0.717, 1.165) is 17.5 Å². The van der Waals surface area contributed by atoms with Crippen LogP contribution in [0.5, 0.6) is 0 Å². The van der Waals surface area contributed by atoms with E-state index in [-0.39, 0.29) is 5.56 Å². The van der Waals surface area contributed by atoms with Gasteiger partial charge >= 0.3 is 0 Å². The predicted molar refractivity (Wildman–Crippen MR) is 84.6 cm³/mol. The monoisotopic (exact) mass is 286 g/mol. The molecular weight excluding hydrogens is 264 g/mol. The maximum Gasteiger partial charge on any atom is 0.252 e. The molecule has 21 heavy (non-hydrogen) atoms. The Balaban J connectivity index is 1.93. The van der Waals surface area contributed by atoms with E-state index in [1.54, 1.807) is 22.9 Å². The molecule has 0 aliphatic heterocycles. The van der Waals surface area contributed by atoms with Gasteiger partial charge in [-0.05, 0) is 25.3 Å². The van der Waals surface area contributed by atoms with E-state index in [1.165, 1.54) is 32.1 Å². The highest BCUT2D eigenvalue weighted by Crippen LogP contribution is 2.20. The number of anilines is 1. The molecule has 0 spiro atoms. The third-order valence-corrected chi connectivity index (χ3v) is 4.11. The molecule has 112 valence electrons. The number of hydrogen-bond acceptors (Lipinski definition) is 4. The zero-order chi connectivity index (χ0) is 14.7. The van der Waals surface area contributed by atoms with Crippen LogP contribution in [-0.2, 0) is 6.54 Å². The van der Waals surface area contributed by atoms with Gasteiger partial charge in [0.1, 0.15) is 5.65 Å². The van der Waals surface area contributed by atoms with Crippen molar-refractivity contribution in [2.45, 2.75) is 58.0 Å². The smallest absolute Gasteiger partial charge is 0.252 e. The lowest BCUT2D eigenvalue weighted by molar-refractivity contribution is 0.461. The van der Waals surface area contributed by atoms with Gasteiger partial charge in [0.15, 0.2) is 0 Å². The van der Waals surface area contributed by atoms with Gasteiger partial charge in [0, 0.05) is 30.2 Å². The van der Waals surface area contributed by atoms with E-state index in [9.17, 15) is 4.79 Å². The molecule has 0 aromatic carbocycles. The van der Waals surface area contributed by atoms with E-state index < -0.39 is 0 Å². The van der Waals surface area contributed by atoms with Crippen molar-refractivity contribution in [2.75, 3.05) is 5.32 Å². The molecule has 1 aliphatic rings. The molecule has 0 radical (unpaired) electrons. The van der Waals surface area contributed by atoms with Gasteiger partial charge < -0.3 is 5.32 Å². The van der Waals surface area contributed by atoms with Crippen LogP contribution in [0, 0.1) is 0 Å². The minimum Gasteiger partial charge on any atom is -0.351 e. The first-order valence-electron chi connectivity index (χ1n) is 7.91. The van der Waals surface area contributed by atoms with Crippen molar-refractivity contribution in [1.29, 1.82) is 0 Å². The van der Waals surface area contributed by atoms with Crippen molar-refractivity contribution >= 4 is 17.0 Å². The molecule has 2 aromatic heterocycles. The van der Waals surface area contributed by atoms with Crippen LogP contribution >= 0.6 is 0 Å². The number of hydrogen-bond donors (Lipinski definition) is 1. The average Bonchev–Trinajstić information content (AvgIpc) is 2.51. The van der Waals surface area contributed by atoms with Crippen LogP contribution in [0.4, 0.5) is 5.95 Å². The Kier molecular flexibility index (Phi) is 4.18. The van der Waals surface area contributed by atoms with Gasteiger partial charge in [0.2, 0.25) is 5.95 Å². The van der Waals surface area contributed by atoms with Crippen molar-refractivity contribution in [3.63, 3.8) is 0 Å². The number of rotatable bonds is 4. The first-order chi connectivity index (χ1) is 10.3. The van der Waals surface area contributed by atoms with Crippen LogP contribution in [0.1, 0.15) is 45.4 Å². The molecule has 1 N–H and O–H groups in total. The lowest BCUT2D eigenvalue weighted by atomic mass is 9.96. The fraction of sp³-hybridized carbons (Fsp3) is 0.562. The second-order valence-electron chi connectivity index (χ2n) is 5.78. The summed E-state index contributed by atoms with van der Waals surface area (Å²) in [6.07, 6.45) is 8.94. The third-order valence-electron chi connectivity index (χ3n) is 4.11. The topological polar surface area (TPSA) is 59.8 Å². The molecule has 1 saturated carbocycles. The third kappa shape index (κ3) is 3.06. The molecule has 0 unspecified atom stereocenters. The fourth-order valence-electron chi connectivity index (χ4n) is 3.01. The van der Waals surface area contributed by atoms with Crippen LogP contribution in [0.2, 0.25) is 0 Å². The summed E-state index contributed by atoms with van der Waals surface area (Å²) in [5.41, 5.74) is 0.740. The van der Waals surface area contributed by atoms with Gasteiger partial charge in [-0.15, -0.1) is 0 Å². The SMILES string of the molecule is CCCn1c(=O)ccc2cnc(NC3CCCCC3)nc21. The summed E-state index contributed by atoms with van der Waals surface area (Å²) in [4.78, 5) is 21.0. The number of pyridine rings is 1. The maximum absolute atomic E-state index is 12.0. The molecule has 5 nitrogen and oxygen atoms in total. The first-order valence-corrected chi connectivity index (χ1v) is 7.91. The molecule has 1 fully saturated rings. The second-order valence-corrected chi connectivity index (χ2v) is 5.78. The first kappa shape index (κ1) is 14.0. The van der Waals surface area contributed by atoms with Crippen LogP contribution in [-0.4, -0.2) is 20.6 Å². The van der Waals surface area contributed by atoms with Crippen molar-refractivity contribution in [2.24, 2.45) is 0 Å². The molecule has 2 aromatic rings. The highest BCUT2D eigenvalue weighted by Gasteiger charge is 2.14. The van der Waals surface area contributed by atoms with Crippen molar-refractivity contribution in [3.8, 4) is 0 Å². The van der Waals surface area contributed by atoms with Gasteiger partial charge in [-0.3, -0.25) is 9.36 Å². The standard InChI is InChI=1S/C16H22N4O/c1-2-10-20-14(21)9-8-12-11-17-16(19-15(12)20)18-13-6-4-3-5-7-13/h8-9,11,13H,2-7,10H2,1H3,(H,17,18,19). The van der Waals surface area contributed by atoms with Gasteiger partial charge in [0.05, 0.1) is 0 Å². The van der Waals surface area contributed by atoms with Crippen LogP contribution < -0.4 is 10.9 Å². The lowest BCUT2D eigenvalue weighted by Crippen LogP contribution is -2.24. The molecule has 2 heterocycles. The minimum absolute atomic E-state index is 0.00617. The Morgan fingerprint density at radius 3 is 2.86 bits per heavy atom. The summed E-state index contributed by atoms with van der Waals surface area (Å²) < 4.78 is 1.74. The van der Waals surface area contributed by atoms with Gasteiger partial charge in [-0.2, -0.15) is 4.98 Å². The minimum atomic E-state index is 0.00617. The Hall–Kier alpha value is -1.91. The summed E-state index contributed by atoms with van der Waals surface area (Å²) >= 11 is 0. The summed E-state index contributed by atoms with van der Waals surface area (Å²) in [6, 6.07) is 3.86. The zero-order valence-corrected chi connectivity index (χ0v) is 12.5. The lowest BCUT2D eigenvalue weighted by Gasteiger charge is -2.22. The van der Waals surface area contributed by atoms with Crippen LogP contribution in [0.25, 0.3) is 11.0 Å². The highest BCUT2D eigenvalue weighted by molar-refractivity contribution is 5.75. The normalized spacial score (nSPS) is 16.2. The van der Waals surface area contributed by atoms with E-state index in [0.29, 0.717) is 18.5 Å². The number of nitrogens with zero attached hydrogens (tertiary/aromatic N) is 3. The Labute approximate surface area is 124 Å². The molecule has 3 rings (SSSR count). The molecule has 0 amide bonds. The Morgan fingerprint density at radius 2 is 2.10 bits per heavy atom. The zero-order valence-electron chi connectivity index (χ0n) is 12.5. The number of nitrogens with one attached hydrogen (secondary N) is 1. The number of aromatic nitrogens is 3. The Bertz CT molecular complexity index is 674. The van der Waals surface area contributed by atoms with Gasteiger partial charge in [-0.1, -0.05) is 26.2 Å². The molecular formula is C16H22N4O. The van der Waals surface area contributed by atoms with Crippen LogP contribution in [0.3, 0.4) is 0 Å². The summed E-state index contributed by atoms with van der Waals surface area (Å²) in [5.74, 6) is 0.643. The largest absolute Gasteiger partial charge is 0.351 e. The van der Waals surface area contributed by atoms with Gasteiger partial charge in [-0.25, -0.2) is 4.98 Å². The fourth-order valence-corrected chi connectivity index (χ4v) is 3.01. The van der Waals surface area contributed by atoms with Crippen molar-refractivity contribution in [3.05, 3.63) is 28.7 Å². The number of aryl methyl sites for hydroxylation is 1. The van der Waals surface area contributed by atoms with Crippen LogP contribution in [0.15, 0.2) is 23.1 Å². The van der Waals surface area contributed by atoms with E-state index in [2.05, 4.69) is 22.2 Å². The quantitative estimate of drug-likeness (QED) is 0.938. The summed E-state index contributed by atoms with van der Waals surface area (Å²) in [6.45, 7) is 2.75. The maximum atomic E-state index is 12.0. The second kappa shape index (κ2) is 6.24. The Morgan fingerprint density at radius 1 is 1.29 bits per heavy atom.